The zero-order chi connectivity index (χ0) is 13.0. The molecule has 1 amide bonds. The Balaban J connectivity index is 1.88. The van der Waals surface area contributed by atoms with Crippen LogP contribution in [0.4, 0.5) is 5.69 Å². The number of hydrogen-bond acceptors (Lipinski definition) is 3. The molecule has 0 radical (unpaired) electrons. The van der Waals surface area contributed by atoms with Gasteiger partial charge in [0.25, 0.3) is 5.91 Å². The fourth-order valence-electron chi connectivity index (χ4n) is 2.11. The highest BCUT2D eigenvalue weighted by atomic mass is 32.2. The summed E-state index contributed by atoms with van der Waals surface area (Å²) in [5, 5.41) is 3.03. The average molecular weight is 264 g/mol. The molecule has 98 valence electrons. The first-order valence-corrected chi connectivity index (χ1v) is 7.54. The summed E-state index contributed by atoms with van der Waals surface area (Å²) >= 11 is 2.01. The Labute approximate surface area is 113 Å². The van der Waals surface area contributed by atoms with E-state index < -0.39 is 0 Å². The maximum Gasteiger partial charge on any atom is 0.251 e. The van der Waals surface area contributed by atoms with Crippen molar-refractivity contribution in [2.75, 3.05) is 23.8 Å². The Morgan fingerprint density at radius 2 is 2.17 bits per heavy atom. The van der Waals surface area contributed by atoms with Crippen LogP contribution >= 0.6 is 11.8 Å². The van der Waals surface area contributed by atoms with E-state index in [0.29, 0.717) is 11.5 Å². The van der Waals surface area contributed by atoms with Gasteiger partial charge >= 0.3 is 0 Å². The van der Waals surface area contributed by atoms with Crippen LogP contribution in [-0.4, -0.2) is 24.0 Å². The molecule has 1 aliphatic heterocycles. The van der Waals surface area contributed by atoms with Crippen LogP contribution in [0.3, 0.4) is 0 Å². The summed E-state index contributed by atoms with van der Waals surface area (Å²) in [4.78, 5) is 12.0. The number of benzene rings is 1. The first-order chi connectivity index (χ1) is 8.66. The van der Waals surface area contributed by atoms with Crippen LogP contribution in [0.5, 0.6) is 0 Å². The molecule has 2 rings (SSSR count). The van der Waals surface area contributed by atoms with Gasteiger partial charge in [-0.1, -0.05) is 0 Å². The van der Waals surface area contributed by atoms with Gasteiger partial charge in [0.2, 0.25) is 0 Å². The SMILES string of the molecule is Cc1cc(C(=O)NCC2CCSCC2)ccc1N. The lowest BCUT2D eigenvalue weighted by atomic mass is 10.0. The molecule has 4 heteroatoms. The molecular weight excluding hydrogens is 244 g/mol. The van der Waals surface area contributed by atoms with E-state index in [4.69, 9.17) is 5.73 Å². The Morgan fingerprint density at radius 3 is 2.83 bits per heavy atom. The number of carbonyl (C=O) groups is 1. The van der Waals surface area contributed by atoms with Gasteiger partial charge in [0.05, 0.1) is 0 Å². The molecule has 0 aromatic heterocycles. The normalized spacial score (nSPS) is 16.5. The van der Waals surface area contributed by atoms with Gasteiger partial charge in [-0.05, 0) is 61.0 Å². The molecule has 1 aliphatic rings. The molecule has 1 heterocycles. The van der Waals surface area contributed by atoms with E-state index >= 15 is 0 Å². The van der Waals surface area contributed by atoms with E-state index in [-0.39, 0.29) is 5.91 Å². The van der Waals surface area contributed by atoms with Crippen LogP contribution in [0, 0.1) is 12.8 Å². The minimum absolute atomic E-state index is 0.0105. The second-order valence-electron chi connectivity index (χ2n) is 4.84. The highest BCUT2D eigenvalue weighted by molar-refractivity contribution is 7.99. The topological polar surface area (TPSA) is 55.1 Å². The molecule has 1 saturated heterocycles. The Morgan fingerprint density at radius 1 is 1.44 bits per heavy atom. The molecule has 0 bridgehead atoms. The molecular formula is C14H20N2OS. The van der Waals surface area contributed by atoms with Gasteiger partial charge in [-0.3, -0.25) is 4.79 Å². The standard InChI is InChI=1S/C14H20N2OS/c1-10-8-12(2-3-13(10)15)14(17)16-9-11-4-6-18-7-5-11/h2-3,8,11H,4-7,9,15H2,1H3,(H,16,17). The van der Waals surface area contributed by atoms with E-state index in [9.17, 15) is 4.79 Å². The summed E-state index contributed by atoms with van der Waals surface area (Å²) in [5.41, 5.74) is 8.13. The quantitative estimate of drug-likeness (QED) is 0.825. The van der Waals surface area contributed by atoms with Gasteiger partial charge in [-0.2, -0.15) is 11.8 Å². The summed E-state index contributed by atoms with van der Waals surface area (Å²) in [5.74, 6) is 3.10. The third-order valence-electron chi connectivity index (χ3n) is 3.42. The fraction of sp³-hybridized carbons (Fsp3) is 0.500. The number of nitrogen functional groups attached to an aromatic ring is 1. The van der Waals surface area contributed by atoms with E-state index in [1.807, 2.05) is 24.8 Å². The molecule has 3 nitrogen and oxygen atoms in total. The fourth-order valence-corrected chi connectivity index (χ4v) is 3.31. The van der Waals surface area contributed by atoms with E-state index in [2.05, 4.69) is 5.32 Å². The van der Waals surface area contributed by atoms with Crippen LogP contribution < -0.4 is 11.1 Å². The number of rotatable bonds is 3. The zero-order valence-corrected chi connectivity index (χ0v) is 11.6. The van der Waals surface area contributed by atoms with E-state index in [1.54, 1.807) is 12.1 Å². The van der Waals surface area contributed by atoms with Crippen LogP contribution in [-0.2, 0) is 0 Å². The second-order valence-corrected chi connectivity index (χ2v) is 6.06. The molecule has 1 aromatic carbocycles. The van der Waals surface area contributed by atoms with Gasteiger partial charge < -0.3 is 11.1 Å². The number of hydrogen-bond donors (Lipinski definition) is 2. The number of amides is 1. The summed E-state index contributed by atoms with van der Waals surface area (Å²) < 4.78 is 0. The lowest BCUT2D eigenvalue weighted by Gasteiger charge is -2.21. The Kier molecular flexibility index (Phi) is 4.53. The second kappa shape index (κ2) is 6.14. The van der Waals surface area contributed by atoms with Crippen molar-refractivity contribution < 1.29 is 4.79 Å². The molecule has 1 fully saturated rings. The van der Waals surface area contributed by atoms with Gasteiger partial charge in [0.1, 0.15) is 0 Å². The largest absolute Gasteiger partial charge is 0.399 e. The molecule has 0 unspecified atom stereocenters. The number of carbonyl (C=O) groups excluding carboxylic acids is 1. The van der Waals surface area contributed by atoms with Crippen molar-refractivity contribution in [1.82, 2.24) is 5.32 Å². The maximum absolute atomic E-state index is 12.0. The number of aryl methyl sites for hydroxylation is 1. The first-order valence-electron chi connectivity index (χ1n) is 6.39. The van der Waals surface area contributed by atoms with Gasteiger partial charge in [0.15, 0.2) is 0 Å². The van der Waals surface area contributed by atoms with Crippen LogP contribution in [0.2, 0.25) is 0 Å². The minimum Gasteiger partial charge on any atom is -0.399 e. The van der Waals surface area contributed by atoms with Crippen molar-refractivity contribution >= 4 is 23.4 Å². The van der Waals surface area contributed by atoms with E-state index in [1.165, 1.54) is 24.3 Å². The summed E-state index contributed by atoms with van der Waals surface area (Å²) in [6, 6.07) is 5.43. The molecule has 0 atom stereocenters. The summed E-state index contributed by atoms with van der Waals surface area (Å²) in [6.07, 6.45) is 2.43. The first kappa shape index (κ1) is 13.3. The van der Waals surface area contributed by atoms with Gasteiger partial charge in [-0.15, -0.1) is 0 Å². The highest BCUT2D eigenvalue weighted by Gasteiger charge is 2.15. The van der Waals surface area contributed by atoms with Crippen molar-refractivity contribution in [2.45, 2.75) is 19.8 Å². The molecule has 18 heavy (non-hydrogen) atoms. The van der Waals surface area contributed by atoms with Crippen molar-refractivity contribution in [2.24, 2.45) is 5.92 Å². The van der Waals surface area contributed by atoms with Gasteiger partial charge in [0, 0.05) is 17.8 Å². The van der Waals surface area contributed by atoms with Crippen molar-refractivity contribution in [3.63, 3.8) is 0 Å². The lowest BCUT2D eigenvalue weighted by molar-refractivity contribution is 0.0946. The third-order valence-corrected chi connectivity index (χ3v) is 4.47. The number of thioether (sulfide) groups is 1. The van der Waals surface area contributed by atoms with Crippen molar-refractivity contribution in [1.29, 1.82) is 0 Å². The lowest BCUT2D eigenvalue weighted by Crippen LogP contribution is -2.31. The summed E-state index contributed by atoms with van der Waals surface area (Å²) in [6.45, 7) is 2.72. The van der Waals surface area contributed by atoms with Crippen LogP contribution in [0.15, 0.2) is 18.2 Å². The monoisotopic (exact) mass is 264 g/mol. The highest BCUT2D eigenvalue weighted by Crippen LogP contribution is 2.22. The molecule has 0 saturated carbocycles. The smallest absolute Gasteiger partial charge is 0.251 e. The third kappa shape index (κ3) is 3.42. The summed E-state index contributed by atoms with van der Waals surface area (Å²) in [7, 11) is 0. The zero-order valence-electron chi connectivity index (χ0n) is 10.7. The molecule has 0 spiro atoms. The molecule has 3 N–H and O–H groups in total. The minimum atomic E-state index is 0.0105. The average Bonchev–Trinajstić information content (AvgIpc) is 2.40. The predicted octanol–water partition coefficient (Wildman–Crippen LogP) is 2.45. The Hall–Kier alpha value is -1.16. The van der Waals surface area contributed by atoms with Crippen molar-refractivity contribution in [3.05, 3.63) is 29.3 Å². The predicted molar refractivity (Wildman–Crippen MR) is 78.0 cm³/mol. The maximum atomic E-state index is 12.0. The Bertz CT molecular complexity index is 428. The van der Waals surface area contributed by atoms with Crippen molar-refractivity contribution in [3.8, 4) is 0 Å². The molecule has 0 aliphatic carbocycles. The number of nitrogens with two attached hydrogens (primary N) is 1. The number of anilines is 1. The van der Waals surface area contributed by atoms with Crippen LogP contribution in [0.25, 0.3) is 0 Å². The van der Waals surface area contributed by atoms with Gasteiger partial charge in [-0.25, -0.2) is 0 Å². The molecule has 1 aromatic rings. The van der Waals surface area contributed by atoms with E-state index in [0.717, 1.165) is 17.8 Å². The van der Waals surface area contributed by atoms with Crippen LogP contribution in [0.1, 0.15) is 28.8 Å². The number of nitrogens with one attached hydrogen (secondary N) is 1.